The molecule has 0 spiro atoms. The molecule has 0 heterocycles. The molecule has 11 aromatic carbocycles. The van der Waals surface area contributed by atoms with E-state index in [1.165, 1.54) is 82.0 Å². The summed E-state index contributed by atoms with van der Waals surface area (Å²) in [7, 11) is 0. The van der Waals surface area contributed by atoms with Gasteiger partial charge in [-0.1, -0.05) is 188 Å². The second-order valence-corrected chi connectivity index (χ2v) is 15.3. The molecule has 0 saturated heterocycles. The molecule has 1 nitrogen and oxygen atoms in total. The predicted octanol–water partition coefficient (Wildman–Crippen LogP) is 16.4. The van der Waals surface area contributed by atoms with E-state index < -0.39 is 0 Å². The molecule has 0 aliphatic rings. The van der Waals surface area contributed by atoms with Crippen LogP contribution in [-0.4, -0.2) is 0 Å². The molecule has 0 saturated carbocycles. The van der Waals surface area contributed by atoms with Crippen molar-refractivity contribution in [2.24, 2.45) is 0 Å². The number of hydrogen-bond donors (Lipinski definition) is 0. The molecule has 0 unspecified atom stereocenters. The third kappa shape index (κ3) is 6.30. The monoisotopic (exact) mass is 749 g/mol. The van der Waals surface area contributed by atoms with E-state index in [0.29, 0.717) is 0 Å². The normalized spacial score (nSPS) is 11.4. The van der Waals surface area contributed by atoms with Gasteiger partial charge >= 0.3 is 0 Å². The number of fused-ring (bicyclic) bond motifs is 6. The highest BCUT2D eigenvalue weighted by molar-refractivity contribution is 6.14. The molecule has 0 radical (unpaired) electrons. The molecule has 0 amide bonds. The highest BCUT2D eigenvalue weighted by atomic mass is 15.1. The van der Waals surface area contributed by atoms with Crippen molar-refractivity contribution >= 4 is 60.2 Å². The zero-order valence-electron chi connectivity index (χ0n) is 32.5. The van der Waals surface area contributed by atoms with E-state index in [-0.39, 0.29) is 0 Å². The van der Waals surface area contributed by atoms with Crippen LogP contribution >= 0.6 is 0 Å². The Hall–Kier alpha value is -7.74. The van der Waals surface area contributed by atoms with Gasteiger partial charge in [0, 0.05) is 16.9 Å². The highest BCUT2D eigenvalue weighted by Crippen LogP contribution is 2.45. The van der Waals surface area contributed by atoms with Crippen LogP contribution in [0.1, 0.15) is 0 Å². The Balaban J connectivity index is 1.15. The Kier molecular flexibility index (Phi) is 8.56. The average Bonchev–Trinajstić information content (AvgIpc) is 3.32. The van der Waals surface area contributed by atoms with Gasteiger partial charge in [-0.25, -0.2) is 0 Å². The molecule has 59 heavy (non-hydrogen) atoms. The van der Waals surface area contributed by atoms with Crippen molar-refractivity contribution in [1.82, 2.24) is 0 Å². The van der Waals surface area contributed by atoms with Crippen LogP contribution in [0.15, 0.2) is 237 Å². The lowest BCUT2D eigenvalue weighted by Gasteiger charge is -2.29. The molecule has 0 aliphatic carbocycles. The predicted molar refractivity (Wildman–Crippen MR) is 253 cm³/mol. The van der Waals surface area contributed by atoms with E-state index >= 15 is 0 Å². The standard InChI is InChI=1S/C58H39N/c1-3-13-40(14-4-1)42-25-31-49(32-26-42)59(50-33-27-43(28-34-50)41-15-5-2-6-16-41)58-36-30-48(56-38-45-18-8-10-20-52(45)54-21-11-12-22-55(54)56)39-57(58)47-29-35-53-46(37-47)24-23-44-17-7-9-19-51(44)53/h1-39H. The van der Waals surface area contributed by atoms with Gasteiger partial charge in [0.1, 0.15) is 0 Å². The van der Waals surface area contributed by atoms with Crippen LogP contribution < -0.4 is 4.90 Å². The number of hydrogen-bond acceptors (Lipinski definition) is 1. The summed E-state index contributed by atoms with van der Waals surface area (Å²) in [5, 5.41) is 10.0. The Morgan fingerprint density at radius 1 is 0.220 bits per heavy atom. The van der Waals surface area contributed by atoms with E-state index in [1.807, 2.05) is 0 Å². The summed E-state index contributed by atoms with van der Waals surface area (Å²) in [6, 6.07) is 86.4. The lowest BCUT2D eigenvalue weighted by atomic mass is 9.90. The number of nitrogens with zero attached hydrogens (tertiary/aromatic N) is 1. The molecule has 0 atom stereocenters. The minimum atomic E-state index is 1.09. The van der Waals surface area contributed by atoms with E-state index in [9.17, 15) is 0 Å². The topological polar surface area (TPSA) is 3.24 Å². The summed E-state index contributed by atoms with van der Waals surface area (Å²) in [4.78, 5) is 2.42. The highest BCUT2D eigenvalue weighted by Gasteiger charge is 2.20. The van der Waals surface area contributed by atoms with Crippen LogP contribution in [0.3, 0.4) is 0 Å². The minimum Gasteiger partial charge on any atom is -0.310 e. The summed E-state index contributed by atoms with van der Waals surface area (Å²) in [6.07, 6.45) is 0. The summed E-state index contributed by atoms with van der Waals surface area (Å²) in [5.41, 5.74) is 12.8. The number of benzene rings is 11. The maximum atomic E-state index is 2.42. The quantitative estimate of drug-likeness (QED) is 0.147. The zero-order chi connectivity index (χ0) is 39.1. The van der Waals surface area contributed by atoms with Gasteiger partial charge in [0.05, 0.1) is 5.69 Å². The van der Waals surface area contributed by atoms with Crippen LogP contribution in [0.4, 0.5) is 17.1 Å². The third-order valence-electron chi connectivity index (χ3n) is 11.8. The van der Waals surface area contributed by atoms with Crippen LogP contribution in [-0.2, 0) is 0 Å². The second-order valence-electron chi connectivity index (χ2n) is 15.3. The van der Waals surface area contributed by atoms with Gasteiger partial charge in [-0.3, -0.25) is 0 Å². The van der Waals surface area contributed by atoms with Crippen molar-refractivity contribution in [3.05, 3.63) is 237 Å². The molecule has 0 aliphatic heterocycles. The first-order chi connectivity index (χ1) is 29.2. The van der Waals surface area contributed by atoms with E-state index in [2.05, 4.69) is 241 Å². The first-order valence-corrected chi connectivity index (χ1v) is 20.3. The molecule has 276 valence electrons. The van der Waals surface area contributed by atoms with E-state index in [4.69, 9.17) is 0 Å². The number of anilines is 3. The minimum absolute atomic E-state index is 1.09. The van der Waals surface area contributed by atoms with Crippen LogP contribution in [0.25, 0.3) is 87.6 Å². The fourth-order valence-corrected chi connectivity index (χ4v) is 8.90. The second kappa shape index (κ2) is 14.6. The van der Waals surface area contributed by atoms with E-state index in [1.54, 1.807) is 0 Å². The third-order valence-corrected chi connectivity index (χ3v) is 11.8. The Bertz CT molecular complexity index is 3210. The summed E-state index contributed by atoms with van der Waals surface area (Å²) < 4.78 is 0. The van der Waals surface area contributed by atoms with Gasteiger partial charge in [-0.05, 0) is 131 Å². The largest absolute Gasteiger partial charge is 0.310 e. The van der Waals surface area contributed by atoms with Crippen molar-refractivity contribution in [2.75, 3.05) is 4.90 Å². The molecule has 11 rings (SSSR count). The maximum Gasteiger partial charge on any atom is 0.0540 e. The first-order valence-electron chi connectivity index (χ1n) is 20.3. The molecule has 0 bridgehead atoms. The molecule has 0 fully saturated rings. The lowest BCUT2D eigenvalue weighted by Crippen LogP contribution is -2.11. The zero-order valence-corrected chi connectivity index (χ0v) is 32.5. The average molecular weight is 750 g/mol. The fraction of sp³-hybridized carbons (Fsp3) is 0. The van der Waals surface area contributed by atoms with Gasteiger partial charge in [-0.15, -0.1) is 0 Å². The van der Waals surface area contributed by atoms with Crippen molar-refractivity contribution < 1.29 is 0 Å². The summed E-state index contributed by atoms with van der Waals surface area (Å²) >= 11 is 0. The van der Waals surface area contributed by atoms with Gasteiger partial charge in [0.25, 0.3) is 0 Å². The van der Waals surface area contributed by atoms with Crippen molar-refractivity contribution in [3.8, 4) is 44.5 Å². The van der Waals surface area contributed by atoms with Gasteiger partial charge in [0.15, 0.2) is 0 Å². The summed E-state index contributed by atoms with van der Waals surface area (Å²) in [6.45, 7) is 0. The van der Waals surface area contributed by atoms with Crippen LogP contribution in [0, 0.1) is 0 Å². The fourth-order valence-electron chi connectivity index (χ4n) is 8.90. The SMILES string of the molecule is c1ccc(-c2ccc(N(c3ccc(-c4ccccc4)cc3)c3ccc(-c4cc5ccccc5c5ccccc45)cc3-c3ccc4c(ccc5ccccc54)c3)cc2)cc1. The molecular weight excluding hydrogens is 711 g/mol. The molecular formula is C58H39N. The Morgan fingerprint density at radius 3 is 1.29 bits per heavy atom. The molecule has 1 heteroatoms. The van der Waals surface area contributed by atoms with E-state index in [0.717, 1.165) is 22.6 Å². The summed E-state index contributed by atoms with van der Waals surface area (Å²) in [5.74, 6) is 0. The molecule has 11 aromatic rings. The van der Waals surface area contributed by atoms with Gasteiger partial charge < -0.3 is 4.90 Å². The van der Waals surface area contributed by atoms with Crippen LogP contribution in [0.5, 0.6) is 0 Å². The van der Waals surface area contributed by atoms with Crippen LogP contribution in [0.2, 0.25) is 0 Å². The number of rotatable bonds is 7. The lowest BCUT2D eigenvalue weighted by molar-refractivity contribution is 1.28. The smallest absolute Gasteiger partial charge is 0.0540 e. The van der Waals surface area contributed by atoms with Crippen molar-refractivity contribution in [2.45, 2.75) is 0 Å². The van der Waals surface area contributed by atoms with Crippen molar-refractivity contribution in [1.29, 1.82) is 0 Å². The Labute approximate surface area is 344 Å². The Morgan fingerprint density at radius 2 is 0.644 bits per heavy atom. The van der Waals surface area contributed by atoms with Gasteiger partial charge in [-0.2, -0.15) is 0 Å². The molecule has 0 N–H and O–H groups in total. The van der Waals surface area contributed by atoms with Gasteiger partial charge in [0.2, 0.25) is 0 Å². The molecule has 0 aromatic heterocycles. The maximum absolute atomic E-state index is 2.42. The first kappa shape index (κ1) is 34.5. The van der Waals surface area contributed by atoms with Crippen molar-refractivity contribution in [3.63, 3.8) is 0 Å².